The molecule has 318 valence electrons. The first-order chi connectivity index (χ1) is 26.9. The van der Waals surface area contributed by atoms with E-state index in [9.17, 15) is 28.9 Å². The molecule has 0 radical (unpaired) electrons. The van der Waals surface area contributed by atoms with Crippen LogP contribution in [0.4, 0.5) is 0 Å². The standard InChI is InChI=1S/C43H70NO11P/c1-5-7-14-21-36(45)26-27-38-35(25-28-39(38)46)20-15-12-13-18-24-43(48)54-37(32-53-56(49,50)52-30-29-44)31-51-42(47)23-17-11-9-8-10-16-22-41-34(4)33(3)40(55-41)19-6-2/h12,15,25-28,35-38,45H,5-11,13-14,16-24,29-32,44H2,1-4H3,(H,49,50)/b15-12-,27-26+/t35-,36-,37+,38+/m0/s1. The summed E-state index contributed by atoms with van der Waals surface area (Å²) >= 11 is 0. The number of hydrogen-bond acceptors (Lipinski definition) is 11. The number of hydrogen-bond donors (Lipinski definition) is 3. The Morgan fingerprint density at radius 2 is 1.59 bits per heavy atom. The number of furan rings is 1. The molecule has 2 rings (SSSR count). The number of esters is 2. The van der Waals surface area contributed by atoms with E-state index in [1.165, 1.54) is 11.1 Å². The van der Waals surface area contributed by atoms with Gasteiger partial charge < -0.3 is 29.6 Å². The summed E-state index contributed by atoms with van der Waals surface area (Å²) in [4.78, 5) is 47.5. The first kappa shape index (κ1) is 49.3. The molecule has 0 aliphatic heterocycles. The Balaban J connectivity index is 1.71. The maximum Gasteiger partial charge on any atom is 0.472 e. The summed E-state index contributed by atoms with van der Waals surface area (Å²) in [6.07, 6.45) is 23.9. The van der Waals surface area contributed by atoms with Crippen LogP contribution in [0.25, 0.3) is 0 Å². The van der Waals surface area contributed by atoms with Crippen LogP contribution in [0.5, 0.6) is 0 Å². The maximum atomic E-state index is 12.7. The second-order valence-corrected chi connectivity index (χ2v) is 16.2. The number of phosphoric acid groups is 1. The Labute approximate surface area is 335 Å². The zero-order chi connectivity index (χ0) is 41.2. The molecule has 1 heterocycles. The highest BCUT2D eigenvalue weighted by Crippen LogP contribution is 2.43. The van der Waals surface area contributed by atoms with Gasteiger partial charge >= 0.3 is 19.8 Å². The van der Waals surface area contributed by atoms with Crippen molar-refractivity contribution in [2.75, 3.05) is 26.4 Å². The highest BCUT2D eigenvalue weighted by atomic mass is 31.2. The van der Waals surface area contributed by atoms with Gasteiger partial charge in [-0.2, -0.15) is 0 Å². The minimum Gasteiger partial charge on any atom is -0.466 e. The van der Waals surface area contributed by atoms with Gasteiger partial charge in [-0.05, 0) is 81.9 Å². The summed E-state index contributed by atoms with van der Waals surface area (Å²) < 4.78 is 38.9. The largest absolute Gasteiger partial charge is 0.472 e. The van der Waals surface area contributed by atoms with Crippen LogP contribution in [-0.4, -0.2) is 66.3 Å². The summed E-state index contributed by atoms with van der Waals surface area (Å²) in [7, 11) is -4.45. The molecule has 56 heavy (non-hydrogen) atoms. The number of phosphoric ester groups is 1. The second-order valence-electron chi connectivity index (χ2n) is 14.7. The number of carbonyl (C=O) groups is 3. The molecule has 1 aromatic heterocycles. The van der Waals surface area contributed by atoms with Gasteiger partial charge in [0.05, 0.1) is 19.3 Å². The van der Waals surface area contributed by atoms with Crippen LogP contribution in [-0.2, 0) is 50.3 Å². The average molecular weight is 808 g/mol. The second kappa shape index (κ2) is 28.5. The maximum absolute atomic E-state index is 12.7. The monoisotopic (exact) mass is 807 g/mol. The lowest BCUT2D eigenvalue weighted by atomic mass is 9.90. The molecule has 0 saturated heterocycles. The molecule has 0 spiro atoms. The number of aryl methyl sites for hydroxylation is 2. The normalized spacial score (nSPS) is 17.9. The summed E-state index contributed by atoms with van der Waals surface area (Å²) in [5, 5.41) is 10.2. The Bertz CT molecular complexity index is 1430. The van der Waals surface area contributed by atoms with Crippen molar-refractivity contribution in [2.45, 2.75) is 155 Å². The van der Waals surface area contributed by atoms with Crippen LogP contribution in [0.15, 0.2) is 40.9 Å². The molecule has 5 atom stereocenters. The SMILES string of the molecule is CCCCC[C@H](O)/C=C/[C@H]1C(=O)C=C[C@@H]1C/C=C\CCCC(=O)O[C@H](COC(=O)CCCCCCCCc1oc(CCC)c(C)c1C)COP(=O)(O)OCCN. The number of nitrogens with two attached hydrogens (primary N) is 1. The molecule has 1 aromatic rings. The molecule has 1 aliphatic rings. The first-order valence-corrected chi connectivity index (χ1v) is 22.4. The van der Waals surface area contributed by atoms with E-state index in [0.29, 0.717) is 32.1 Å². The van der Waals surface area contributed by atoms with Crippen LogP contribution in [0.3, 0.4) is 0 Å². The number of unbranched alkanes of at least 4 members (excludes halogenated alkanes) is 8. The van der Waals surface area contributed by atoms with Crippen molar-refractivity contribution < 1.29 is 51.9 Å². The van der Waals surface area contributed by atoms with Gasteiger partial charge in [0.1, 0.15) is 18.1 Å². The summed E-state index contributed by atoms with van der Waals surface area (Å²) in [5.41, 5.74) is 7.89. The third-order valence-corrected chi connectivity index (χ3v) is 10.9. The Kier molecular flexibility index (Phi) is 25.1. The van der Waals surface area contributed by atoms with Crippen LogP contribution >= 0.6 is 7.82 Å². The van der Waals surface area contributed by atoms with Gasteiger partial charge in [-0.15, -0.1) is 0 Å². The quantitative estimate of drug-likeness (QED) is 0.0273. The lowest BCUT2D eigenvalue weighted by molar-refractivity contribution is -0.161. The fourth-order valence-corrected chi connectivity index (χ4v) is 7.26. The van der Waals surface area contributed by atoms with Crippen molar-refractivity contribution in [2.24, 2.45) is 17.6 Å². The number of rotatable bonds is 32. The van der Waals surface area contributed by atoms with Gasteiger partial charge in [0.25, 0.3) is 0 Å². The predicted molar refractivity (Wildman–Crippen MR) is 218 cm³/mol. The average Bonchev–Trinajstić information content (AvgIpc) is 3.66. The Morgan fingerprint density at radius 1 is 0.893 bits per heavy atom. The van der Waals surface area contributed by atoms with Crippen molar-refractivity contribution in [3.63, 3.8) is 0 Å². The molecule has 0 aromatic carbocycles. The molecular formula is C43H70NO11P. The third-order valence-electron chi connectivity index (χ3n) is 9.95. The highest BCUT2D eigenvalue weighted by molar-refractivity contribution is 7.47. The number of ketones is 1. The van der Waals surface area contributed by atoms with Crippen molar-refractivity contribution in [1.82, 2.24) is 0 Å². The lowest BCUT2D eigenvalue weighted by Crippen LogP contribution is -2.29. The van der Waals surface area contributed by atoms with Crippen molar-refractivity contribution in [3.05, 3.63) is 59.1 Å². The minimum absolute atomic E-state index is 0.0128. The van der Waals surface area contributed by atoms with Gasteiger partial charge in [0.2, 0.25) is 0 Å². The molecule has 13 heteroatoms. The van der Waals surface area contributed by atoms with E-state index in [-0.39, 0.29) is 50.2 Å². The predicted octanol–water partition coefficient (Wildman–Crippen LogP) is 8.65. The lowest BCUT2D eigenvalue weighted by Gasteiger charge is -2.19. The smallest absolute Gasteiger partial charge is 0.466 e. The fourth-order valence-electron chi connectivity index (χ4n) is 6.49. The topological polar surface area (TPSA) is 185 Å². The number of allylic oxidation sites excluding steroid dienone is 5. The molecule has 12 nitrogen and oxygen atoms in total. The van der Waals surface area contributed by atoms with E-state index >= 15 is 0 Å². The number of aliphatic hydroxyl groups is 1. The summed E-state index contributed by atoms with van der Waals surface area (Å²) in [5.74, 6) is 0.946. The first-order valence-electron chi connectivity index (χ1n) is 20.9. The molecule has 0 saturated carbocycles. The van der Waals surface area contributed by atoms with Gasteiger partial charge in [-0.3, -0.25) is 23.4 Å². The van der Waals surface area contributed by atoms with Crippen LogP contribution in [0.1, 0.15) is 139 Å². The van der Waals surface area contributed by atoms with Crippen LogP contribution in [0, 0.1) is 25.7 Å². The van der Waals surface area contributed by atoms with Crippen molar-refractivity contribution in [1.29, 1.82) is 0 Å². The van der Waals surface area contributed by atoms with Gasteiger partial charge in [-0.25, -0.2) is 4.57 Å². The van der Waals surface area contributed by atoms with Gasteiger partial charge in [-0.1, -0.05) is 89.2 Å². The van der Waals surface area contributed by atoms with Crippen LogP contribution in [0.2, 0.25) is 0 Å². The van der Waals surface area contributed by atoms with Crippen LogP contribution < -0.4 is 5.73 Å². The Morgan fingerprint density at radius 3 is 2.30 bits per heavy atom. The fraction of sp³-hybridized carbons (Fsp3) is 0.698. The Hall–Kier alpha value is -2.86. The summed E-state index contributed by atoms with van der Waals surface area (Å²) in [6.45, 7) is 7.52. The molecule has 1 unspecified atom stereocenters. The highest BCUT2D eigenvalue weighted by Gasteiger charge is 2.28. The molecule has 0 amide bonds. The molecule has 0 bridgehead atoms. The number of ether oxygens (including phenoxy) is 2. The summed E-state index contributed by atoms with van der Waals surface area (Å²) in [6, 6.07) is 0. The van der Waals surface area contributed by atoms with Crippen molar-refractivity contribution in [3.8, 4) is 0 Å². The van der Waals surface area contributed by atoms with E-state index in [1.807, 2.05) is 24.3 Å². The van der Waals surface area contributed by atoms with Crippen molar-refractivity contribution >= 4 is 25.5 Å². The molecule has 0 fully saturated rings. The molecule has 4 N–H and O–H groups in total. The molecular weight excluding hydrogens is 737 g/mol. The van der Waals surface area contributed by atoms with E-state index in [4.69, 9.17) is 28.7 Å². The van der Waals surface area contributed by atoms with E-state index in [1.54, 1.807) is 12.2 Å². The number of carbonyl (C=O) groups excluding carboxylic acids is 3. The number of aliphatic hydroxyl groups excluding tert-OH is 1. The van der Waals surface area contributed by atoms with E-state index < -0.39 is 38.6 Å². The van der Waals surface area contributed by atoms with E-state index in [2.05, 4.69) is 27.7 Å². The van der Waals surface area contributed by atoms with E-state index in [0.717, 1.165) is 82.1 Å². The zero-order valence-corrected chi connectivity index (χ0v) is 35.3. The van der Waals surface area contributed by atoms with Gasteiger partial charge in [0, 0.05) is 38.1 Å². The molecule has 1 aliphatic carbocycles. The minimum atomic E-state index is -4.45. The third kappa shape index (κ3) is 20.5. The zero-order valence-electron chi connectivity index (χ0n) is 34.4. The van der Waals surface area contributed by atoms with Gasteiger partial charge in [0.15, 0.2) is 11.9 Å².